The molecule has 1 aliphatic rings. The Bertz CT molecular complexity index is 186. The molecular weight excluding hydrogens is 144 g/mol. The first-order valence-electron chi connectivity index (χ1n) is 5.16. The summed E-state index contributed by atoms with van der Waals surface area (Å²) in [5.41, 5.74) is 1.54. The van der Waals surface area contributed by atoms with Gasteiger partial charge >= 0.3 is 0 Å². The van der Waals surface area contributed by atoms with Gasteiger partial charge in [0.25, 0.3) is 0 Å². The van der Waals surface area contributed by atoms with E-state index in [-0.39, 0.29) is 0 Å². The molecular formula is C12H20. The van der Waals surface area contributed by atoms with Crippen LogP contribution in [0.25, 0.3) is 0 Å². The molecule has 0 heteroatoms. The van der Waals surface area contributed by atoms with Crippen LogP contribution in [0.4, 0.5) is 0 Å². The van der Waals surface area contributed by atoms with Gasteiger partial charge < -0.3 is 0 Å². The van der Waals surface area contributed by atoms with E-state index in [2.05, 4.69) is 39.0 Å². The van der Waals surface area contributed by atoms with Gasteiger partial charge in [-0.25, -0.2) is 0 Å². The fraction of sp³-hybridized carbons (Fsp3) is 0.667. The van der Waals surface area contributed by atoms with Gasteiger partial charge in [0.15, 0.2) is 0 Å². The van der Waals surface area contributed by atoms with E-state index in [9.17, 15) is 0 Å². The van der Waals surface area contributed by atoms with E-state index in [0.29, 0.717) is 0 Å². The van der Waals surface area contributed by atoms with Crippen LogP contribution < -0.4 is 0 Å². The molecule has 68 valence electrons. The van der Waals surface area contributed by atoms with Crippen molar-refractivity contribution in [3.8, 4) is 0 Å². The highest BCUT2D eigenvalue weighted by molar-refractivity contribution is 5.25. The highest BCUT2D eigenvalue weighted by atomic mass is 14.1. The van der Waals surface area contributed by atoms with E-state index in [0.717, 1.165) is 11.8 Å². The number of rotatable bonds is 3. The molecule has 1 aliphatic carbocycles. The molecule has 0 aromatic heterocycles. The molecule has 0 bridgehead atoms. The van der Waals surface area contributed by atoms with Gasteiger partial charge in [-0.1, -0.05) is 39.0 Å². The molecule has 0 amide bonds. The number of allylic oxidation sites excluding steroid dienone is 4. The Hall–Kier alpha value is -0.520. The third-order valence-electron chi connectivity index (χ3n) is 2.92. The zero-order valence-corrected chi connectivity index (χ0v) is 8.51. The zero-order chi connectivity index (χ0) is 8.97. The molecule has 0 aromatic rings. The van der Waals surface area contributed by atoms with Gasteiger partial charge in [0.05, 0.1) is 0 Å². The van der Waals surface area contributed by atoms with Gasteiger partial charge in [0.1, 0.15) is 0 Å². The predicted octanol–water partition coefficient (Wildman–Crippen LogP) is 3.95. The summed E-state index contributed by atoms with van der Waals surface area (Å²) in [7, 11) is 0. The second-order valence-corrected chi connectivity index (χ2v) is 3.78. The molecule has 0 heterocycles. The molecule has 0 spiro atoms. The summed E-state index contributed by atoms with van der Waals surface area (Å²) < 4.78 is 0. The number of hydrogen-bond donors (Lipinski definition) is 0. The van der Waals surface area contributed by atoms with E-state index < -0.39 is 0 Å². The van der Waals surface area contributed by atoms with Crippen molar-refractivity contribution >= 4 is 0 Å². The lowest BCUT2D eigenvalue weighted by Crippen LogP contribution is -2.03. The van der Waals surface area contributed by atoms with Gasteiger partial charge in [-0.15, -0.1) is 0 Å². The van der Waals surface area contributed by atoms with Gasteiger partial charge in [-0.2, -0.15) is 0 Å². The normalized spacial score (nSPS) is 25.2. The summed E-state index contributed by atoms with van der Waals surface area (Å²) >= 11 is 0. The summed E-state index contributed by atoms with van der Waals surface area (Å²) in [5, 5.41) is 0. The minimum absolute atomic E-state index is 0.749. The average molecular weight is 164 g/mol. The first-order valence-corrected chi connectivity index (χ1v) is 5.16. The SMILES string of the molecule is CCC1C=CC(C(C)CC)=CC1. The molecule has 1 rings (SSSR count). The van der Waals surface area contributed by atoms with Crippen LogP contribution in [-0.2, 0) is 0 Å². The molecule has 2 unspecified atom stereocenters. The number of hydrogen-bond acceptors (Lipinski definition) is 0. The van der Waals surface area contributed by atoms with Crippen LogP contribution in [0.5, 0.6) is 0 Å². The zero-order valence-electron chi connectivity index (χ0n) is 8.51. The maximum atomic E-state index is 2.42. The summed E-state index contributed by atoms with van der Waals surface area (Å²) in [6, 6.07) is 0. The minimum Gasteiger partial charge on any atom is -0.0808 e. The molecule has 0 aromatic carbocycles. The van der Waals surface area contributed by atoms with Gasteiger partial charge in [-0.3, -0.25) is 0 Å². The molecule has 0 fully saturated rings. The lowest BCUT2D eigenvalue weighted by molar-refractivity contribution is 0.602. The lowest BCUT2D eigenvalue weighted by atomic mass is 9.88. The molecule has 0 saturated heterocycles. The lowest BCUT2D eigenvalue weighted by Gasteiger charge is -2.17. The molecule has 2 atom stereocenters. The van der Waals surface area contributed by atoms with Crippen molar-refractivity contribution < 1.29 is 0 Å². The first-order chi connectivity index (χ1) is 5.77. The van der Waals surface area contributed by atoms with E-state index in [4.69, 9.17) is 0 Å². The van der Waals surface area contributed by atoms with Crippen LogP contribution in [0.2, 0.25) is 0 Å². The standard InChI is InChI=1S/C12H20/c1-4-10(3)12-8-6-11(5-2)7-9-12/h6,8-11H,4-5,7H2,1-3H3. The Morgan fingerprint density at radius 2 is 2.25 bits per heavy atom. The highest BCUT2D eigenvalue weighted by Crippen LogP contribution is 2.24. The Morgan fingerprint density at radius 3 is 2.67 bits per heavy atom. The fourth-order valence-electron chi connectivity index (χ4n) is 1.59. The Balaban J connectivity index is 2.51. The third-order valence-corrected chi connectivity index (χ3v) is 2.92. The summed E-state index contributed by atoms with van der Waals surface area (Å²) in [5.74, 6) is 1.55. The van der Waals surface area contributed by atoms with E-state index in [1.807, 2.05) is 0 Å². The highest BCUT2D eigenvalue weighted by Gasteiger charge is 2.09. The largest absolute Gasteiger partial charge is 0.0808 e. The van der Waals surface area contributed by atoms with Crippen LogP contribution in [0, 0.1) is 11.8 Å². The van der Waals surface area contributed by atoms with E-state index in [1.54, 1.807) is 5.57 Å². The fourth-order valence-corrected chi connectivity index (χ4v) is 1.59. The van der Waals surface area contributed by atoms with Crippen molar-refractivity contribution in [1.29, 1.82) is 0 Å². The van der Waals surface area contributed by atoms with Crippen LogP contribution in [0.1, 0.15) is 40.0 Å². The molecule has 0 aliphatic heterocycles. The maximum Gasteiger partial charge on any atom is -0.0196 e. The molecule has 0 nitrogen and oxygen atoms in total. The van der Waals surface area contributed by atoms with Crippen molar-refractivity contribution in [1.82, 2.24) is 0 Å². The second-order valence-electron chi connectivity index (χ2n) is 3.78. The average Bonchev–Trinajstić information content (AvgIpc) is 2.17. The van der Waals surface area contributed by atoms with Gasteiger partial charge in [-0.05, 0) is 36.7 Å². The van der Waals surface area contributed by atoms with E-state index in [1.165, 1.54) is 19.3 Å². The third kappa shape index (κ3) is 2.23. The topological polar surface area (TPSA) is 0 Å². The minimum atomic E-state index is 0.749. The smallest absolute Gasteiger partial charge is 0.0196 e. The summed E-state index contributed by atoms with van der Waals surface area (Å²) in [6.45, 7) is 6.82. The Kier molecular flexibility index (Phi) is 3.58. The van der Waals surface area contributed by atoms with Crippen molar-refractivity contribution in [2.24, 2.45) is 11.8 Å². The van der Waals surface area contributed by atoms with Crippen molar-refractivity contribution in [3.05, 3.63) is 23.8 Å². The Labute approximate surface area is 76.4 Å². The first kappa shape index (κ1) is 9.57. The second kappa shape index (κ2) is 4.49. The maximum absolute atomic E-state index is 2.42. The quantitative estimate of drug-likeness (QED) is 0.592. The summed E-state index contributed by atoms with van der Waals surface area (Å²) in [4.78, 5) is 0. The molecule has 0 radical (unpaired) electrons. The summed E-state index contributed by atoms with van der Waals surface area (Å²) in [6.07, 6.45) is 10.9. The van der Waals surface area contributed by atoms with Crippen LogP contribution in [0.15, 0.2) is 23.8 Å². The van der Waals surface area contributed by atoms with E-state index >= 15 is 0 Å². The molecule has 0 saturated carbocycles. The van der Waals surface area contributed by atoms with Crippen LogP contribution in [0.3, 0.4) is 0 Å². The van der Waals surface area contributed by atoms with Gasteiger partial charge in [0, 0.05) is 0 Å². The Morgan fingerprint density at radius 1 is 1.50 bits per heavy atom. The van der Waals surface area contributed by atoms with Crippen molar-refractivity contribution in [2.75, 3.05) is 0 Å². The predicted molar refractivity (Wildman–Crippen MR) is 55.1 cm³/mol. The van der Waals surface area contributed by atoms with Crippen LogP contribution >= 0.6 is 0 Å². The van der Waals surface area contributed by atoms with Crippen LogP contribution in [-0.4, -0.2) is 0 Å². The monoisotopic (exact) mass is 164 g/mol. The molecule has 0 N–H and O–H groups in total. The van der Waals surface area contributed by atoms with Crippen molar-refractivity contribution in [2.45, 2.75) is 40.0 Å². The molecule has 12 heavy (non-hydrogen) atoms. The van der Waals surface area contributed by atoms with Crippen molar-refractivity contribution in [3.63, 3.8) is 0 Å². The van der Waals surface area contributed by atoms with Gasteiger partial charge in [0.2, 0.25) is 0 Å².